The Balaban J connectivity index is 2.05. The molecule has 0 aromatic carbocycles. The van der Waals surface area contributed by atoms with E-state index < -0.39 is 5.54 Å². The molecule has 2 rings (SSSR count). The Bertz CT molecular complexity index is 477. The summed E-state index contributed by atoms with van der Waals surface area (Å²) in [5.74, 6) is 0.644. The predicted octanol–water partition coefficient (Wildman–Crippen LogP) is 1.67. The van der Waals surface area contributed by atoms with Gasteiger partial charge >= 0.3 is 5.97 Å². The van der Waals surface area contributed by atoms with Crippen LogP contribution in [0.1, 0.15) is 38.9 Å². The lowest BCUT2D eigenvalue weighted by Crippen LogP contribution is -2.53. The van der Waals surface area contributed by atoms with Crippen LogP contribution in [-0.2, 0) is 9.53 Å². The number of carbonyl (C=O) groups excluding carboxylic acids is 1. The number of aromatic nitrogens is 3. The highest BCUT2D eigenvalue weighted by Crippen LogP contribution is 2.40. The molecule has 0 spiro atoms. The number of ether oxygens (including phenoxy) is 1. The predicted molar refractivity (Wildman–Crippen MR) is 77.6 cm³/mol. The fourth-order valence-electron chi connectivity index (χ4n) is 2.75. The molecule has 0 aliphatic heterocycles. The molecule has 112 valence electrons. The number of hydrogen-bond acceptors (Lipinski definition) is 6. The highest BCUT2D eigenvalue weighted by molar-refractivity contribution is 7.99. The van der Waals surface area contributed by atoms with Gasteiger partial charge in [-0.2, -0.15) is 0 Å². The Kier molecular flexibility index (Phi) is 4.70. The van der Waals surface area contributed by atoms with Gasteiger partial charge in [0.1, 0.15) is 11.4 Å². The average molecular weight is 298 g/mol. The van der Waals surface area contributed by atoms with Gasteiger partial charge in [0.15, 0.2) is 0 Å². The number of thioether (sulfide) groups is 1. The minimum absolute atomic E-state index is 0.166. The van der Waals surface area contributed by atoms with Crippen LogP contribution in [-0.4, -0.2) is 45.1 Å². The number of esters is 1. The van der Waals surface area contributed by atoms with Crippen molar-refractivity contribution in [2.45, 2.75) is 62.0 Å². The molecule has 7 heteroatoms. The molecule has 0 amide bonds. The van der Waals surface area contributed by atoms with E-state index in [9.17, 15) is 4.79 Å². The van der Waals surface area contributed by atoms with Crippen molar-refractivity contribution in [1.82, 2.24) is 20.5 Å². The van der Waals surface area contributed by atoms with Crippen LogP contribution in [0, 0.1) is 6.92 Å². The topological polar surface area (TPSA) is 79.9 Å². The zero-order valence-electron chi connectivity index (χ0n) is 12.4. The third kappa shape index (κ3) is 3.32. The molecule has 1 heterocycles. The molecule has 6 nitrogen and oxygen atoms in total. The van der Waals surface area contributed by atoms with Gasteiger partial charge in [-0.3, -0.25) is 15.2 Å². The summed E-state index contributed by atoms with van der Waals surface area (Å²) in [4.78, 5) is 16.4. The van der Waals surface area contributed by atoms with E-state index in [0.717, 1.165) is 30.2 Å². The van der Waals surface area contributed by atoms with Gasteiger partial charge < -0.3 is 4.74 Å². The third-order valence-electron chi connectivity index (χ3n) is 3.46. The maximum atomic E-state index is 12.1. The molecule has 1 aliphatic carbocycles. The van der Waals surface area contributed by atoms with Crippen LogP contribution < -0.4 is 5.32 Å². The van der Waals surface area contributed by atoms with E-state index in [2.05, 4.69) is 20.5 Å². The molecule has 1 saturated carbocycles. The molecule has 1 fully saturated rings. The molecule has 2 atom stereocenters. The van der Waals surface area contributed by atoms with Gasteiger partial charge in [0.05, 0.1) is 7.11 Å². The number of hydrogen-bond donors (Lipinski definition) is 2. The highest BCUT2D eigenvalue weighted by Gasteiger charge is 2.47. The normalized spacial score (nSPS) is 26.1. The van der Waals surface area contributed by atoms with Crippen molar-refractivity contribution in [3.8, 4) is 0 Å². The number of carbonyl (C=O) groups is 1. The highest BCUT2D eigenvalue weighted by atomic mass is 32.2. The van der Waals surface area contributed by atoms with Crippen LogP contribution in [0.2, 0.25) is 0 Å². The number of methoxy groups -OCH3 is 1. The van der Waals surface area contributed by atoms with Crippen molar-refractivity contribution in [2.75, 3.05) is 7.11 Å². The zero-order valence-corrected chi connectivity index (χ0v) is 13.2. The van der Waals surface area contributed by atoms with Gasteiger partial charge in [-0.05, 0) is 40.0 Å². The van der Waals surface area contributed by atoms with Crippen LogP contribution in [0.25, 0.3) is 0 Å². The molecule has 0 saturated heterocycles. The van der Waals surface area contributed by atoms with Gasteiger partial charge in [0.2, 0.25) is 5.16 Å². The summed E-state index contributed by atoms with van der Waals surface area (Å²) >= 11 is 1.63. The van der Waals surface area contributed by atoms with E-state index in [-0.39, 0.29) is 12.0 Å². The molecule has 20 heavy (non-hydrogen) atoms. The van der Waals surface area contributed by atoms with E-state index in [0.29, 0.717) is 5.25 Å². The second-order valence-corrected chi connectivity index (χ2v) is 6.83. The molecule has 0 radical (unpaired) electrons. The lowest BCUT2D eigenvalue weighted by atomic mass is 9.97. The molecule has 2 N–H and O–H groups in total. The summed E-state index contributed by atoms with van der Waals surface area (Å²) in [6.07, 6.45) is 2.49. The Morgan fingerprint density at radius 2 is 2.35 bits per heavy atom. The van der Waals surface area contributed by atoms with Crippen molar-refractivity contribution in [2.24, 2.45) is 0 Å². The monoisotopic (exact) mass is 298 g/mol. The maximum Gasteiger partial charge on any atom is 0.326 e. The zero-order chi connectivity index (χ0) is 14.8. The first kappa shape index (κ1) is 15.3. The van der Waals surface area contributed by atoms with Crippen molar-refractivity contribution in [3.05, 3.63) is 5.82 Å². The number of rotatable bonds is 5. The van der Waals surface area contributed by atoms with E-state index >= 15 is 0 Å². The molecule has 1 aromatic rings. The standard InChI is InChI=1S/C13H22N4O2S/c1-8(2)15-13(11(18)19-4)6-5-10(7-13)20-12-14-9(3)16-17-12/h8,10,15H,5-7H2,1-4H3,(H,14,16,17). The molecular weight excluding hydrogens is 276 g/mol. The number of H-pyrrole nitrogens is 1. The van der Waals surface area contributed by atoms with Gasteiger partial charge in [-0.1, -0.05) is 11.8 Å². The van der Waals surface area contributed by atoms with E-state index in [1.54, 1.807) is 11.8 Å². The van der Waals surface area contributed by atoms with Crippen LogP contribution in [0.3, 0.4) is 0 Å². The van der Waals surface area contributed by atoms with E-state index in [1.165, 1.54) is 7.11 Å². The quantitative estimate of drug-likeness (QED) is 0.805. The molecular formula is C13H22N4O2S. The first-order chi connectivity index (χ1) is 9.45. The summed E-state index contributed by atoms with van der Waals surface area (Å²) in [5.41, 5.74) is -0.564. The molecule has 2 unspecified atom stereocenters. The van der Waals surface area contributed by atoms with E-state index in [1.807, 2.05) is 20.8 Å². The average Bonchev–Trinajstić information content (AvgIpc) is 2.96. The number of aromatic amines is 1. The SMILES string of the molecule is COC(=O)C1(NC(C)C)CCC(Sc2n[nH]c(C)n2)C1. The van der Waals surface area contributed by atoms with E-state index in [4.69, 9.17) is 4.74 Å². The summed E-state index contributed by atoms with van der Waals surface area (Å²) in [5, 5.41) is 11.5. The molecule has 0 bridgehead atoms. The van der Waals surface area contributed by atoms with Crippen molar-refractivity contribution in [1.29, 1.82) is 0 Å². The van der Waals surface area contributed by atoms with Gasteiger partial charge in [-0.15, -0.1) is 5.10 Å². The fraction of sp³-hybridized carbons (Fsp3) is 0.769. The number of nitrogens with zero attached hydrogens (tertiary/aromatic N) is 2. The van der Waals surface area contributed by atoms with Crippen LogP contribution >= 0.6 is 11.8 Å². The lowest BCUT2D eigenvalue weighted by Gasteiger charge is -2.29. The maximum absolute atomic E-state index is 12.1. The molecule has 1 aliphatic rings. The summed E-state index contributed by atoms with van der Waals surface area (Å²) in [6, 6.07) is 0.239. The Hall–Kier alpha value is -1.08. The van der Waals surface area contributed by atoms with Gasteiger partial charge in [0.25, 0.3) is 0 Å². The first-order valence-electron chi connectivity index (χ1n) is 6.87. The van der Waals surface area contributed by atoms with Gasteiger partial charge in [0, 0.05) is 11.3 Å². The van der Waals surface area contributed by atoms with Gasteiger partial charge in [-0.25, -0.2) is 4.98 Å². The molecule has 1 aromatic heterocycles. The third-order valence-corrected chi connectivity index (χ3v) is 4.59. The minimum atomic E-state index is -0.564. The lowest BCUT2D eigenvalue weighted by molar-refractivity contribution is -0.148. The van der Waals surface area contributed by atoms with Crippen LogP contribution in [0.15, 0.2) is 5.16 Å². The summed E-state index contributed by atoms with van der Waals surface area (Å²) in [7, 11) is 1.45. The smallest absolute Gasteiger partial charge is 0.326 e. The fourth-order valence-corrected chi connectivity index (χ4v) is 3.94. The Labute approximate surface area is 123 Å². The van der Waals surface area contributed by atoms with Crippen LogP contribution in [0.5, 0.6) is 0 Å². The first-order valence-corrected chi connectivity index (χ1v) is 7.75. The van der Waals surface area contributed by atoms with Crippen molar-refractivity contribution < 1.29 is 9.53 Å². The number of aryl methyl sites for hydroxylation is 1. The van der Waals surface area contributed by atoms with Crippen molar-refractivity contribution >= 4 is 17.7 Å². The summed E-state index contributed by atoms with van der Waals surface area (Å²) in [6.45, 7) is 5.97. The summed E-state index contributed by atoms with van der Waals surface area (Å²) < 4.78 is 4.99. The largest absolute Gasteiger partial charge is 0.468 e. The minimum Gasteiger partial charge on any atom is -0.468 e. The Morgan fingerprint density at radius 3 is 2.90 bits per heavy atom. The Morgan fingerprint density at radius 1 is 1.60 bits per heavy atom. The van der Waals surface area contributed by atoms with Crippen LogP contribution in [0.4, 0.5) is 0 Å². The second-order valence-electron chi connectivity index (χ2n) is 5.56. The van der Waals surface area contributed by atoms with Crippen molar-refractivity contribution in [3.63, 3.8) is 0 Å². The second kappa shape index (κ2) is 6.13. The number of nitrogens with one attached hydrogen (secondary N) is 2.